The predicted octanol–water partition coefficient (Wildman–Crippen LogP) is 5.54. The Morgan fingerprint density at radius 3 is 2.20 bits per heavy atom. The summed E-state index contributed by atoms with van der Waals surface area (Å²) in [6.45, 7) is 4.51. The number of hydrogen-bond donors (Lipinski definition) is 1. The van der Waals surface area contributed by atoms with E-state index in [1.54, 1.807) is 4.90 Å². The number of carbonyl (C=O) groups excluding carboxylic acids is 2. The molecule has 3 aromatic carbocycles. The van der Waals surface area contributed by atoms with E-state index >= 15 is 0 Å². The van der Waals surface area contributed by atoms with Crippen LogP contribution in [0.3, 0.4) is 0 Å². The minimum absolute atomic E-state index is 0.0281. The second-order valence-corrected chi connectivity index (χ2v) is 9.81. The van der Waals surface area contributed by atoms with Crippen molar-refractivity contribution in [1.82, 2.24) is 10.2 Å². The van der Waals surface area contributed by atoms with Crippen LogP contribution >= 0.6 is 0 Å². The smallest absolute Gasteiger partial charge is 0.243 e. The van der Waals surface area contributed by atoms with Gasteiger partial charge in [0, 0.05) is 19.0 Å². The second kappa shape index (κ2) is 11.8. The van der Waals surface area contributed by atoms with Crippen LogP contribution in [0.15, 0.2) is 78.9 Å². The molecule has 0 aromatic heterocycles. The van der Waals surface area contributed by atoms with E-state index in [1.807, 2.05) is 73.7 Å². The highest BCUT2D eigenvalue weighted by molar-refractivity contribution is 5.89. The van der Waals surface area contributed by atoms with Gasteiger partial charge in [0.2, 0.25) is 11.8 Å². The van der Waals surface area contributed by atoms with Crippen LogP contribution in [0.25, 0.3) is 0 Å². The minimum atomic E-state index is -0.574. The van der Waals surface area contributed by atoms with Gasteiger partial charge in [-0.3, -0.25) is 9.59 Å². The summed E-state index contributed by atoms with van der Waals surface area (Å²) in [5.41, 5.74) is 5.37. The van der Waals surface area contributed by atoms with Gasteiger partial charge in [-0.05, 0) is 48.9 Å². The van der Waals surface area contributed by atoms with E-state index in [0.29, 0.717) is 13.0 Å². The second-order valence-electron chi connectivity index (χ2n) is 9.81. The van der Waals surface area contributed by atoms with Gasteiger partial charge >= 0.3 is 0 Å². The highest BCUT2D eigenvalue weighted by atomic mass is 16.2. The first-order chi connectivity index (χ1) is 17.0. The Kier molecular flexibility index (Phi) is 8.36. The summed E-state index contributed by atoms with van der Waals surface area (Å²) in [7, 11) is 0. The lowest BCUT2D eigenvalue weighted by Crippen LogP contribution is -2.52. The fraction of sp³-hybridized carbons (Fsp3) is 0.355. The first-order valence-electron chi connectivity index (χ1n) is 12.7. The molecule has 4 heteroatoms. The molecule has 1 saturated carbocycles. The van der Waals surface area contributed by atoms with Crippen LogP contribution in [0.2, 0.25) is 0 Å². The molecule has 3 aromatic rings. The van der Waals surface area contributed by atoms with Gasteiger partial charge in [-0.15, -0.1) is 0 Å². The van der Waals surface area contributed by atoms with Crippen LogP contribution < -0.4 is 5.32 Å². The molecule has 0 saturated heterocycles. The lowest BCUT2D eigenvalue weighted by Gasteiger charge is -2.33. The maximum absolute atomic E-state index is 13.8. The number of aryl methyl sites for hydroxylation is 2. The Hall–Kier alpha value is -3.40. The molecule has 1 fully saturated rings. The Morgan fingerprint density at radius 1 is 0.857 bits per heavy atom. The first kappa shape index (κ1) is 24.7. The van der Waals surface area contributed by atoms with Crippen LogP contribution in [0.4, 0.5) is 0 Å². The van der Waals surface area contributed by atoms with Crippen molar-refractivity contribution < 1.29 is 9.59 Å². The maximum Gasteiger partial charge on any atom is 0.243 e. The summed E-state index contributed by atoms with van der Waals surface area (Å²) in [5.74, 6) is -0.0776. The van der Waals surface area contributed by atoms with Crippen molar-refractivity contribution in [3.05, 3.63) is 107 Å². The molecule has 1 atom stereocenters. The van der Waals surface area contributed by atoms with Gasteiger partial charge < -0.3 is 10.2 Å². The van der Waals surface area contributed by atoms with E-state index in [4.69, 9.17) is 0 Å². The zero-order chi connectivity index (χ0) is 24.6. The lowest BCUT2D eigenvalue weighted by molar-refractivity contribution is -0.141. The van der Waals surface area contributed by atoms with Gasteiger partial charge in [-0.25, -0.2) is 0 Å². The first-order valence-corrected chi connectivity index (χ1v) is 12.7. The SMILES string of the molecule is Cc1ccc(CC(=O)N(Cc2ccccc2C)[C@H](Cc2ccccc2)C(=O)NC2CCCC2)cc1. The van der Waals surface area contributed by atoms with E-state index in [-0.39, 0.29) is 24.3 Å². The van der Waals surface area contributed by atoms with E-state index in [2.05, 4.69) is 24.4 Å². The molecule has 35 heavy (non-hydrogen) atoms. The summed E-state index contributed by atoms with van der Waals surface area (Å²) in [6.07, 6.45) is 5.08. The Morgan fingerprint density at radius 2 is 1.51 bits per heavy atom. The third kappa shape index (κ3) is 6.82. The fourth-order valence-electron chi connectivity index (χ4n) is 4.87. The maximum atomic E-state index is 13.8. The van der Waals surface area contributed by atoms with E-state index < -0.39 is 6.04 Å². The van der Waals surface area contributed by atoms with Gasteiger partial charge in [-0.2, -0.15) is 0 Å². The van der Waals surface area contributed by atoms with E-state index in [0.717, 1.165) is 53.5 Å². The quantitative estimate of drug-likeness (QED) is 0.448. The summed E-state index contributed by atoms with van der Waals surface area (Å²) < 4.78 is 0. The van der Waals surface area contributed by atoms with Crippen molar-refractivity contribution in [3.8, 4) is 0 Å². The van der Waals surface area contributed by atoms with Crippen LogP contribution in [0.5, 0.6) is 0 Å². The third-order valence-electron chi connectivity index (χ3n) is 7.05. The Bertz CT molecular complexity index is 1120. The number of hydrogen-bond acceptors (Lipinski definition) is 2. The highest BCUT2D eigenvalue weighted by Gasteiger charge is 2.32. The highest BCUT2D eigenvalue weighted by Crippen LogP contribution is 2.21. The molecule has 4 nitrogen and oxygen atoms in total. The average molecular weight is 469 g/mol. The minimum Gasteiger partial charge on any atom is -0.352 e. The van der Waals surface area contributed by atoms with Crippen LogP contribution in [0, 0.1) is 13.8 Å². The van der Waals surface area contributed by atoms with Crippen molar-refractivity contribution in [2.45, 2.75) is 71.0 Å². The summed E-state index contributed by atoms with van der Waals surface area (Å²) in [4.78, 5) is 29.4. The normalized spacial score (nSPS) is 14.5. The molecule has 0 bridgehead atoms. The molecule has 2 amide bonds. The van der Waals surface area contributed by atoms with Gasteiger partial charge in [0.25, 0.3) is 0 Å². The molecule has 0 spiro atoms. The van der Waals surface area contributed by atoms with Gasteiger partial charge in [-0.1, -0.05) is 97.3 Å². The molecular weight excluding hydrogens is 432 g/mol. The predicted molar refractivity (Wildman–Crippen MR) is 141 cm³/mol. The number of rotatable bonds is 9. The number of carbonyl (C=O) groups is 2. The van der Waals surface area contributed by atoms with E-state index in [9.17, 15) is 9.59 Å². The van der Waals surface area contributed by atoms with Crippen molar-refractivity contribution >= 4 is 11.8 Å². The number of nitrogens with one attached hydrogen (secondary N) is 1. The zero-order valence-electron chi connectivity index (χ0n) is 20.9. The fourth-order valence-corrected chi connectivity index (χ4v) is 4.87. The van der Waals surface area contributed by atoms with Crippen LogP contribution in [-0.4, -0.2) is 28.8 Å². The molecule has 0 unspecified atom stereocenters. The van der Waals surface area contributed by atoms with Gasteiger partial charge in [0.15, 0.2) is 0 Å². The molecule has 182 valence electrons. The van der Waals surface area contributed by atoms with E-state index in [1.165, 1.54) is 0 Å². The summed E-state index contributed by atoms with van der Waals surface area (Å²) in [5, 5.41) is 3.27. The summed E-state index contributed by atoms with van der Waals surface area (Å²) in [6, 6.07) is 25.8. The third-order valence-corrected chi connectivity index (χ3v) is 7.05. The molecule has 0 aliphatic heterocycles. The Labute approximate surface area is 209 Å². The standard InChI is InChI=1S/C31H36N2O2/c1-23-16-18-26(19-17-23)21-30(34)33(22-27-13-7-6-10-24(27)2)29(20-25-11-4-3-5-12-25)31(35)32-28-14-8-9-15-28/h3-7,10-13,16-19,28-29H,8-9,14-15,20-22H2,1-2H3,(H,32,35)/t29-/m1/s1. The van der Waals surface area contributed by atoms with Gasteiger partial charge in [0.05, 0.1) is 6.42 Å². The summed E-state index contributed by atoms with van der Waals surface area (Å²) >= 11 is 0. The van der Waals surface area contributed by atoms with Crippen molar-refractivity contribution in [1.29, 1.82) is 0 Å². The van der Waals surface area contributed by atoms with Crippen molar-refractivity contribution in [2.24, 2.45) is 0 Å². The largest absolute Gasteiger partial charge is 0.352 e. The number of amides is 2. The zero-order valence-corrected chi connectivity index (χ0v) is 20.9. The lowest BCUT2D eigenvalue weighted by atomic mass is 10.00. The molecule has 1 N–H and O–H groups in total. The topological polar surface area (TPSA) is 49.4 Å². The molecule has 4 rings (SSSR count). The van der Waals surface area contributed by atoms with Crippen molar-refractivity contribution in [3.63, 3.8) is 0 Å². The Balaban J connectivity index is 1.66. The average Bonchev–Trinajstić information content (AvgIpc) is 3.37. The van der Waals surface area contributed by atoms with Gasteiger partial charge in [0.1, 0.15) is 6.04 Å². The molecule has 0 heterocycles. The van der Waals surface area contributed by atoms with Crippen LogP contribution in [-0.2, 0) is 29.0 Å². The molecule has 0 radical (unpaired) electrons. The molecular formula is C31H36N2O2. The monoisotopic (exact) mass is 468 g/mol. The van der Waals surface area contributed by atoms with Crippen LogP contribution in [0.1, 0.15) is 53.5 Å². The van der Waals surface area contributed by atoms with Crippen molar-refractivity contribution in [2.75, 3.05) is 0 Å². The molecule has 1 aliphatic carbocycles. The molecule has 1 aliphatic rings. The number of benzene rings is 3. The number of nitrogens with zero attached hydrogens (tertiary/aromatic N) is 1.